The number of alkyl halides is 3. The molecule has 6 N–H and O–H groups in total. The molecule has 162 valence electrons. The lowest BCUT2D eigenvalue weighted by atomic mass is 10.1. The predicted molar refractivity (Wildman–Crippen MR) is 118 cm³/mol. The Hall–Kier alpha value is -2.09. The monoisotopic (exact) mass is 457 g/mol. The topological polar surface area (TPSA) is 78.1 Å². The molecule has 0 bridgehead atoms. The first-order valence-electron chi connectivity index (χ1n) is 8.94. The second-order valence-corrected chi connectivity index (χ2v) is 6.93. The van der Waals surface area contributed by atoms with Gasteiger partial charge in [-0.15, -0.1) is 0 Å². The molecule has 0 saturated heterocycles. The van der Waals surface area contributed by atoms with Gasteiger partial charge >= 0.3 is 6.18 Å². The van der Waals surface area contributed by atoms with E-state index >= 15 is 0 Å². The molecule has 0 aliphatic rings. The lowest BCUT2D eigenvalue weighted by molar-refractivity contribution is -0.137. The Bertz CT molecular complexity index is 805. The molecule has 0 aromatic heterocycles. The molecule has 3 nitrogen and oxygen atoms in total. The normalized spacial score (nSPS) is 10.4. The molecule has 0 aliphatic heterocycles. The number of nitrogens with two attached hydrogens (primary N) is 3. The van der Waals surface area contributed by atoms with Gasteiger partial charge in [-0.05, 0) is 53.1 Å². The quantitative estimate of drug-likeness (QED) is 0.467. The van der Waals surface area contributed by atoms with E-state index in [0.29, 0.717) is 18.7 Å². The van der Waals surface area contributed by atoms with E-state index in [0.717, 1.165) is 33.3 Å². The summed E-state index contributed by atoms with van der Waals surface area (Å²) in [6.45, 7) is 1.42. The van der Waals surface area contributed by atoms with Crippen molar-refractivity contribution < 1.29 is 13.2 Å². The van der Waals surface area contributed by atoms with Crippen molar-refractivity contribution in [3.8, 4) is 0 Å². The standard InChI is InChI=1S/C8H8F3N.2C7H8ClN/c9-8(10,11)7-3-1-6(5-12)2-4-7;2*8-7-3-1-6(5-9)2-4-7/h1-4H,5,12H2;2*1-4H,5,9H2. The van der Waals surface area contributed by atoms with Crippen LogP contribution in [-0.2, 0) is 25.8 Å². The molecule has 3 aromatic rings. The van der Waals surface area contributed by atoms with Crippen LogP contribution in [0.5, 0.6) is 0 Å². The zero-order valence-electron chi connectivity index (χ0n) is 16.2. The van der Waals surface area contributed by atoms with Gasteiger partial charge in [0.1, 0.15) is 0 Å². The van der Waals surface area contributed by atoms with Gasteiger partial charge in [-0.25, -0.2) is 0 Å². The number of rotatable bonds is 3. The average Bonchev–Trinajstić information content (AvgIpc) is 2.75. The minimum absolute atomic E-state index is 0.262. The first-order valence-corrected chi connectivity index (χ1v) is 9.70. The third-order valence-electron chi connectivity index (χ3n) is 3.81. The van der Waals surface area contributed by atoms with Crippen LogP contribution in [0.4, 0.5) is 13.2 Å². The van der Waals surface area contributed by atoms with E-state index in [9.17, 15) is 13.2 Å². The van der Waals surface area contributed by atoms with Crippen LogP contribution >= 0.6 is 23.2 Å². The summed E-state index contributed by atoms with van der Waals surface area (Å²) in [6.07, 6.45) is -4.26. The van der Waals surface area contributed by atoms with Gasteiger partial charge in [0.15, 0.2) is 0 Å². The van der Waals surface area contributed by atoms with Gasteiger partial charge in [0, 0.05) is 29.7 Å². The van der Waals surface area contributed by atoms with Gasteiger partial charge in [-0.2, -0.15) is 13.2 Å². The second-order valence-electron chi connectivity index (χ2n) is 6.06. The molecule has 0 amide bonds. The number of hydrogen-bond acceptors (Lipinski definition) is 3. The van der Waals surface area contributed by atoms with Crippen LogP contribution in [0.3, 0.4) is 0 Å². The van der Waals surface area contributed by atoms with E-state index in [1.807, 2.05) is 48.5 Å². The molecule has 0 radical (unpaired) electrons. The molecule has 0 saturated carbocycles. The summed E-state index contributed by atoms with van der Waals surface area (Å²) in [5.41, 5.74) is 18.2. The molecule has 0 atom stereocenters. The van der Waals surface area contributed by atoms with Gasteiger partial charge in [0.2, 0.25) is 0 Å². The zero-order valence-corrected chi connectivity index (χ0v) is 17.7. The van der Waals surface area contributed by atoms with Crippen LogP contribution in [0.25, 0.3) is 0 Å². The minimum atomic E-state index is -4.26. The minimum Gasteiger partial charge on any atom is -0.326 e. The van der Waals surface area contributed by atoms with Gasteiger partial charge < -0.3 is 17.2 Å². The van der Waals surface area contributed by atoms with E-state index in [1.54, 1.807) is 0 Å². The van der Waals surface area contributed by atoms with E-state index in [-0.39, 0.29) is 6.54 Å². The maximum absolute atomic E-state index is 12.0. The Morgan fingerprint density at radius 1 is 0.533 bits per heavy atom. The highest BCUT2D eigenvalue weighted by atomic mass is 35.5. The molecule has 0 heterocycles. The van der Waals surface area contributed by atoms with Gasteiger partial charge in [-0.3, -0.25) is 0 Å². The summed E-state index contributed by atoms with van der Waals surface area (Å²) in [6, 6.07) is 19.8. The van der Waals surface area contributed by atoms with Crippen LogP contribution < -0.4 is 17.2 Å². The SMILES string of the molecule is NCc1ccc(C(F)(F)F)cc1.NCc1ccc(Cl)cc1.NCc1ccc(Cl)cc1. The summed E-state index contributed by atoms with van der Waals surface area (Å²) in [4.78, 5) is 0. The molecule has 8 heteroatoms. The number of benzene rings is 3. The second kappa shape index (κ2) is 13.3. The largest absolute Gasteiger partial charge is 0.416 e. The Balaban J connectivity index is 0.000000229. The Morgan fingerprint density at radius 2 is 0.800 bits per heavy atom. The molecule has 0 aliphatic carbocycles. The third-order valence-corrected chi connectivity index (χ3v) is 4.32. The summed E-state index contributed by atoms with van der Waals surface area (Å²) in [7, 11) is 0. The van der Waals surface area contributed by atoms with Crippen LogP contribution in [-0.4, -0.2) is 0 Å². The first kappa shape index (κ1) is 25.9. The van der Waals surface area contributed by atoms with Crippen molar-refractivity contribution in [3.05, 3.63) is 105 Å². The van der Waals surface area contributed by atoms with Crippen molar-refractivity contribution in [3.63, 3.8) is 0 Å². The van der Waals surface area contributed by atoms with Crippen LogP contribution in [0.15, 0.2) is 72.8 Å². The van der Waals surface area contributed by atoms with E-state index in [4.69, 9.17) is 40.4 Å². The molecule has 0 fully saturated rings. The van der Waals surface area contributed by atoms with Crippen LogP contribution in [0, 0.1) is 0 Å². The number of halogens is 5. The fraction of sp³-hybridized carbons (Fsp3) is 0.182. The van der Waals surface area contributed by atoms with Crippen molar-refractivity contribution in [2.45, 2.75) is 25.8 Å². The zero-order chi connectivity index (χ0) is 22.6. The van der Waals surface area contributed by atoms with Gasteiger partial charge in [0.25, 0.3) is 0 Å². The fourth-order valence-corrected chi connectivity index (χ4v) is 2.32. The van der Waals surface area contributed by atoms with Crippen molar-refractivity contribution in [2.75, 3.05) is 0 Å². The summed E-state index contributed by atoms with van der Waals surface area (Å²) >= 11 is 11.3. The Labute approximate surface area is 184 Å². The Kier molecular flexibility index (Phi) is 11.5. The van der Waals surface area contributed by atoms with E-state index < -0.39 is 11.7 Å². The van der Waals surface area contributed by atoms with E-state index in [1.165, 1.54) is 12.1 Å². The summed E-state index contributed by atoms with van der Waals surface area (Å²) in [5.74, 6) is 0. The lowest BCUT2D eigenvalue weighted by Crippen LogP contribution is -2.05. The highest BCUT2D eigenvalue weighted by Gasteiger charge is 2.29. The molecule has 0 unspecified atom stereocenters. The summed E-state index contributed by atoms with van der Waals surface area (Å²) in [5, 5.41) is 1.51. The molecule has 0 spiro atoms. The molecule has 30 heavy (non-hydrogen) atoms. The van der Waals surface area contributed by atoms with Gasteiger partial charge in [0.05, 0.1) is 5.56 Å². The van der Waals surface area contributed by atoms with Crippen molar-refractivity contribution in [1.29, 1.82) is 0 Å². The van der Waals surface area contributed by atoms with Crippen LogP contribution in [0.1, 0.15) is 22.3 Å². The van der Waals surface area contributed by atoms with Crippen molar-refractivity contribution in [1.82, 2.24) is 0 Å². The van der Waals surface area contributed by atoms with Crippen molar-refractivity contribution >= 4 is 23.2 Å². The van der Waals surface area contributed by atoms with E-state index in [2.05, 4.69) is 0 Å². The lowest BCUT2D eigenvalue weighted by Gasteiger charge is -2.06. The molecular formula is C22H24Cl2F3N3. The first-order chi connectivity index (χ1) is 14.2. The third kappa shape index (κ3) is 10.1. The molecule has 3 rings (SSSR count). The maximum Gasteiger partial charge on any atom is 0.416 e. The number of hydrogen-bond donors (Lipinski definition) is 3. The molecular weight excluding hydrogens is 434 g/mol. The highest BCUT2D eigenvalue weighted by Crippen LogP contribution is 2.28. The maximum atomic E-state index is 12.0. The smallest absolute Gasteiger partial charge is 0.326 e. The fourth-order valence-electron chi connectivity index (χ4n) is 2.07. The average molecular weight is 458 g/mol. The summed E-state index contributed by atoms with van der Waals surface area (Å²) < 4.78 is 36.0. The Morgan fingerprint density at radius 3 is 1.03 bits per heavy atom. The van der Waals surface area contributed by atoms with Gasteiger partial charge in [-0.1, -0.05) is 59.6 Å². The molecule has 3 aromatic carbocycles. The predicted octanol–water partition coefficient (Wildman–Crippen LogP) is 5.76. The highest BCUT2D eigenvalue weighted by molar-refractivity contribution is 6.30. The van der Waals surface area contributed by atoms with Crippen LogP contribution in [0.2, 0.25) is 10.0 Å². The van der Waals surface area contributed by atoms with Crippen molar-refractivity contribution in [2.24, 2.45) is 17.2 Å².